The molecule has 11 nitrogen and oxygen atoms in total. The van der Waals surface area contributed by atoms with Crippen molar-refractivity contribution in [1.82, 2.24) is 24.8 Å². The van der Waals surface area contributed by atoms with Gasteiger partial charge in [0.2, 0.25) is 0 Å². The first-order valence-electron chi connectivity index (χ1n) is 17.6. The summed E-state index contributed by atoms with van der Waals surface area (Å²) in [5.74, 6) is -0.0480. The second-order valence-corrected chi connectivity index (χ2v) is 15.9. The molecule has 288 valence electrons. The molecule has 6 aromatic rings. The number of rotatable bonds is 12. The van der Waals surface area contributed by atoms with E-state index in [4.69, 9.17) is 0 Å². The van der Waals surface area contributed by atoms with E-state index in [9.17, 15) is 31.5 Å². The lowest BCUT2D eigenvalue weighted by molar-refractivity contribution is -0.137. The molecule has 1 aliphatic rings. The highest BCUT2D eigenvalue weighted by Crippen LogP contribution is 2.37. The number of halogens is 3. The van der Waals surface area contributed by atoms with Crippen LogP contribution in [-0.2, 0) is 22.7 Å². The van der Waals surface area contributed by atoms with Crippen molar-refractivity contribution >= 4 is 50.0 Å². The molecule has 56 heavy (non-hydrogen) atoms. The van der Waals surface area contributed by atoms with Gasteiger partial charge in [-0.1, -0.05) is 54.6 Å². The molecular formula is C40H36F3N7O4S2. The highest BCUT2D eigenvalue weighted by Gasteiger charge is 2.35. The van der Waals surface area contributed by atoms with Gasteiger partial charge in [-0.25, -0.2) is 13.1 Å². The van der Waals surface area contributed by atoms with E-state index in [-0.39, 0.29) is 23.7 Å². The minimum Gasteiger partial charge on any atom is -0.506 e. The van der Waals surface area contributed by atoms with Crippen molar-refractivity contribution in [3.63, 3.8) is 0 Å². The van der Waals surface area contributed by atoms with Crippen LogP contribution in [0.15, 0.2) is 125 Å². The van der Waals surface area contributed by atoms with Gasteiger partial charge in [-0.3, -0.25) is 14.7 Å². The van der Waals surface area contributed by atoms with Crippen molar-refractivity contribution in [1.29, 1.82) is 0 Å². The Bertz CT molecular complexity index is 2450. The maximum absolute atomic E-state index is 14.0. The molecule has 0 saturated carbocycles. The monoisotopic (exact) mass is 799 g/mol. The number of amides is 1. The first-order chi connectivity index (χ1) is 26.9. The van der Waals surface area contributed by atoms with Crippen molar-refractivity contribution in [2.75, 3.05) is 48.7 Å². The first-order valence-corrected chi connectivity index (χ1v) is 20.1. The predicted molar refractivity (Wildman–Crippen MR) is 210 cm³/mol. The van der Waals surface area contributed by atoms with Crippen molar-refractivity contribution in [3.8, 4) is 16.9 Å². The molecule has 0 spiro atoms. The van der Waals surface area contributed by atoms with Crippen molar-refractivity contribution in [2.45, 2.75) is 22.5 Å². The fourth-order valence-corrected chi connectivity index (χ4v) is 8.28. The van der Waals surface area contributed by atoms with E-state index in [0.29, 0.717) is 37.3 Å². The molecule has 7 rings (SSSR count). The molecule has 2 aromatic heterocycles. The van der Waals surface area contributed by atoms with Gasteiger partial charge in [-0.05, 0) is 70.4 Å². The van der Waals surface area contributed by atoms with Crippen LogP contribution in [-0.4, -0.2) is 78.0 Å². The summed E-state index contributed by atoms with van der Waals surface area (Å²) in [6.45, 7) is 3.59. The molecule has 0 unspecified atom stereocenters. The maximum Gasteiger partial charge on any atom is 0.418 e. The molecule has 4 aromatic carbocycles. The normalized spacial score (nSPS) is 13.8. The van der Waals surface area contributed by atoms with Gasteiger partial charge < -0.3 is 15.3 Å². The van der Waals surface area contributed by atoms with Crippen LogP contribution in [0.2, 0.25) is 0 Å². The Morgan fingerprint density at radius 1 is 0.839 bits per heavy atom. The van der Waals surface area contributed by atoms with E-state index >= 15 is 0 Å². The number of aromatic nitrogens is 3. The third-order valence-corrected chi connectivity index (χ3v) is 11.6. The molecule has 3 N–H and O–H groups in total. The number of anilines is 2. The maximum atomic E-state index is 14.0. The van der Waals surface area contributed by atoms with Crippen molar-refractivity contribution in [3.05, 3.63) is 132 Å². The number of alkyl halides is 3. The first kappa shape index (κ1) is 38.6. The lowest BCUT2D eigenvalue weighted by atomic mass is 9.95. The summed E-state index contributed by atoms with van der Waals surface area (Å²) in [4.78, 5) is 21.6. The van der Waals surface area contributed by atoms with Gasteiger partial charge in [0.25, 0.3) is 15.9 Å². The van der Waals surface area contributed by atoms with Crippen LogP contribution in [0.5, 0.6) is 5.75 Å². The number of sulfonamides is 1. The zero-order valence-corrected chi connectivity index (χ0v) is 31.4. The lowest BCUT2D eigenvalue weighted by Gasteiger charge is -2.35. The highest BCUT2D eigenvalue weighted by molar-refractivity contribution is 7.99. The second kappa shape index (κ2) is 16.6. The van der Waals surface area contributed by atoms with E-state index < -0.39 is 32.6 Å². The average Bonchev–Trinajstić information content (AvgIpc) is 3.20. The van der Waals surface area contributed by atoms with Crippen molar-refractivity contribution < 1.29 is 31.5 Å². The number of hydrogen-bond donors (Lipinski definition) is 3. The van der Waals surface area contributed by atoms with Gasteiger partial charge >= 0.3 is 6.18 Å². The second-order valence-electron chi connectivity index (χ2n) is 13.0. The molecule has 1 fully saturated rings. The van der Waals surface area contributed by atoms with Crippen LogP contribution in [0.25, 0.3) is 21.9 Å². The largest absolute Gasteiger partial charge is 0.506 e. The van der Waals surface area contributed by atoms with Crippen molar-refractivity contribution in [2.24, 2.45) is 0 Å². The zero-order valence-electron chi connectivity index (χ0n) is 29.8. The van der Waals surface area contributed by atoms with Gasteiger partial charge in [0.1, 0.15) is 5.75 Å². The minimum absolute atomic E-state index is 0.102. The van der Waals surface area contributed by atoms with Crippen LogP contribution >= 0.6 is 11.8 Å². The Balaban J connectivity index is 0.950. The number of pyridine rings is 1. The fraction of sp³-hybridized carbons (Fsp3) is 0.200. The smallest absolute Gasteiger partial charge is 0.418 e. The topological polar surface area (TPSA) is 141 Å². The van der Waals surface area contributed by atoms with Crippen LogP contribution in [0.3, 0.4) is 0 Å². The molecule has 1 amide bonds. The van der Waals surface area contributed by atoms with E-state index in [2.05, 4.69) is 43.6 Å². The third-order valence-electron chi connectivity index (χ3n) is 9.29. The summed E-state index contributed by atoms with van der Waals surface area (Å²) in [6, 6.07) is 28.8. The third kappa shape index (κ3) is 9.04. The summed E-state index contributed by atoms with van der Waals surface area (Å²) in [5, 5.41) is 23.0. The molecule has 16 heteroatoms. The van der Waals surface area contributed by atoms with E-state index in [0.717, 1.165) is 57.6 Å². The fourth-order valence-electron chi connectivity index (χ4n) is 6.50. The SMILES string of the molecule is O=C(NS(=O)(=O)c1ccc(NCCSc2ccccc2)c(C(F)(F)F)c1)c1ccc(N2CCN(Cc3ccc(-c4cncc(O)c4)c4ccccc34)CC2)nn1. The summed E-state index contributed by atoms with van der Waals surface area (Å²) < 4.78 is 70.0. The number of piperazine rings is 1. The summed E-state index contributed by atoms with van der Waals surface area (Å²) in [5.41, 5.74) is 1.22. The van der Waals surface area contributed by atoms with E-state index in [1.807, 2.05) is 58.2 Å². The molecule has 0 radical (unpaired) electrons. The minimum atomic E-state index is -4.86. The molecule has 1 aliphatic heterocycles. The number of nitrogens with zero attached hydrogens (tertiary/aromatic N) is 5. The van der Waals surface area contributed by atoms with Gasteiger partial charge in [-0.15, -0.1) is 22.0 Å². The molecule has 3 heterocycles. The van der Waals surface area contributed by atoms with Crippen LogP contribution < -0.4 is 14.9 Å². The summed E-state index contributed by atoms with van der Waals surface area (Å²) in [6.07, 6.45) is -1.73. The quantitative estimate of drug-likeness (QED) is 0.0866. The number of fused-ring (bicyclic) bond motifs is 1. The molecule has 0 bridgehead atoms. The zero-order chi connectivity index (χ0) is 39.3. The van der Waals surface area contributed by atoms with Crippen LogP contribution in [0.4, 0.5) is 24.7 Å². The van der Waals surface area contributed by atoms with Gasteiger partial charge in [0, 0.05) is 67.4 Å². The predicted octanol–water partition coefficient (Wildman–Crippen LogP) is 7.06. The Morgan fingerprint density at radius 3 is 2.30 bits per heavy atom. The van der Waals surface area contributed by atoms with Crippen LogP contribution in [0.1, 0.15) is 21.6 Å². The van der Waals surface area contributed by atoms with E-state index in [1.54, 1.807) is 18.3 Å². The Morgan fingerprint density at radius 2 is 1.59 bits per heavy atom. The Hall–Kier alpha value is -5.71. The number of thioether (sulfide) groups is 1. The molecule has 0 atom stereocenters. The average molecular weight is 800 g/mol. The molecular weight excluding hydrogens is 764 g/mol. The standard InChI is InChI=1S/C40H36F3N7O4S2/c41-40(42,43)35-23-31(11-13-36(35)45-16-21-55-30-6-2-1-3-7-30)56(53,54)48-39(52)37-14-15-38(47-46-37)50-19-17-49(18-20-50)26-27-10-12-33(28-22-29(51)25-44-24-28)34-9-5-4-8-32(27)34/h1-15,22-25,45,51H,16-21,26H2,(H,48,52). The van der Waals surface area contributed by atoms with E-state index in [1.165, 1.54) is 24.0 Å². The Labute approximate surface area is 325 Å². The number of benzene rings is 4. The van der Waals surface area contributed by atoms with Gasteiger partial charge in [-0.2, -0.15) is 13.2 Å². The number of aromatic hydroxyl groups is 1. The number of carbonyl (C=O) groups excluding carboxylic acids is 1. The molecule has 0 aliphatic carbocycles. The van der Waals surface area contributed by atoms with Crippen LogP contribution in [0, 0.1) is 0 Å². The van der Waals surface area contributed by atoms with Gasteiger partial charge in [0.05, 0.1) is 16.7 Å². The highest BCUT2D eigenvalue weighted by atomic mass is 32.2. The lowest BCUT2D eigenvalue weighted by Crippen LogP contribution is -2.46. The number of nitrogens with one attached hydrogen (secondary N) is 2. The Kier molecular flexibility index (Phi) is 11.4. The summed E-state index contributed by atoms with van der Waals surface area (Å²) in [7, 11) is -4.69. The summed E-state index contributed by atoms with van der Waals surface area (Å²) >= 11 is 1.46. The molecule has 1 saturated heterocycles. The van der Waals surface area contributed by atoms with Gasteiger partial charge in [0.15, 0.2) is 11.5 Å². The number of carbonyl (C=O) groups is 1. The number of hydrogen-bond acceptors (Lipinski definition) is 11.